The number of benzene rings is 1. The number of amides is 2. The molecule has 0 aliphatic carbocycles. The first kappa shape index (κ1) is 21.6. The third kappa shape index (κ3) is 5.34. The fraction of sp³-hybridized carbons (Fsp3) is 0.591. The van der Waals surface area contributed by atoms with Gasteiger partial charge in [-0.25, -0.2) is 0 Å². The summed E-state index contributed by atoms with van der Waals surface area (Å²) in [6.45, 7) is 6.44. The number of carbonyl (C=O) groups excluding carboxylic acids is 3. The predicted molar refractivity (Wildman–Crippen MR) is 113 cm³/mol. The number of hydrogen-bond donors (Lipinski definition) is 1. The van der Waals surface area contributed by atoms with Crippen LogP contribution in [0.15, 0.2) is 12.1 Å². The number of ether oxygens (including phenoxy) is 3. The van der Waals surface area contributed by atoms with Gasteiger partial charge in [-0.05, 0) is 25.3 Å². The second-order valence-corrected chi connectivity index (χ2v) is 8.24. The first-order valence-electron chi connectivity index (χ1n) is 10.8. The summed E-state index contributed by atoms with van der Waals surface area (Å²) < 4.78 is 16.4. The highest BCUT2D eigenvalue weighted by atomic mass is 16.6. The summed E-state index contributed by atoms with van der Waals surface area (Å²) >= 11 is 0. The largest absolute Gasteiger partial charge is 0.486 e. The number of Topliss-reactive ketones (excluding diaryl/α,β-unsaturated/α-hetero) is 1. The van der Waals surface area contributed by atoms with Crippen LogP contribution in [0.2, 0.25) is 0 Å². The standard InChI is InChI=1S/C22H29N3O6/c1-15(26)17-11-19-20(31-9-8-30-19)12-18(17)23-21(27)13-24-3-5-25(6-4-24)22(28)10-16-2-7-29-14-16/h11-12,16H,2-10,13-14H2,1H3,(H,23,27). The number of anilines is 1. The van der Waals surface area contributed by atoms with Gasteiger partial charge >= 0.3 is 0 Å². The molecule has 1 N–H and O–H groups in total. The third-order valence-electron chi connectivity index (χ3n) is 5.92. The molecule has 2 saturated heterocycles. The molecule has 1 atom stereocenters. The Balaban J connectivity index is 1.29. The number of nitrogens with one attached hydrogen (secondary N) is 1. The minimum Gasteiger partial charge on any atom is -0.486 e. The van der Waals surface area contributed by atoms with E-state index >= 15 is 0 Å². The molecule has 9 nitrogen and oxygen atoms in total. The Bertz CT molecular complexity index is 844. The zero-order valence-corrected chi connectivity index (χ0v) is 17.9. The van der Waals surface area contributed by atoms with E-state index in [1.807, 2.05) is 9.80 Å². The van der Waals surface area contributed by atoms with E-state index in [0.717, 1.165) is 13.0 Å². The first-order valence-corrected chi connectivity index (χ1v) is 10.8. The molecule has 168 valence electrons. The van der Waals surface area contributed by atoms with Gasteiger partial charge in [0.2, 0.25) is 11.8 Å². The van der Waals surface area contributed by atoms with Crippen molar-refractivity contribution in [2.75, 3.05) is 64.5 Å². The van der Waals surface area contributed by atoms with Gasteiger partial charge in [-0.3, -0.25) is 19.3 Å². The number of hydrogen-bond acceptors (Lipinski definition) is 7. The molecular weight excluding hydrogens is 402 g/mol. The van der Waals surface area contributed by atoms with E-state index in [-0.39, 0.29) is 24.1 Å². The Morgan fingerprint density at radius 2 is 1.74 bits per heavy atom. The van der Waals surface area contributed by atoms with E-state index in [2.05, 4.69) is 5.32 Å². The van der Waals surface area contributed by atoms with E-state index < -0.39 is 0 Å². The van der Waals surface area contributed by atoms with Crippen LogP contribution in [-0.2, 0) is 14.3 Å². The van der Waals surface area contributed by atoms with Crippen LogP contribution in [0.1, 0.15) is 30.1 Å². The Morgan fingerprint density at radius 1 is 1.03 bits per heavy atom. The SMILES string of the molecule is CC(=O)c1cc2c(cc1NC(=O)CN1CCN(C(=O)CC3CCOC3)CC1)OCCO2. The van der Waals surface area contributed by atoms with Crippen molar-refractivity contribution in [2.45, 2.75) is 19.8 Å². The molecule has 0 bridgehead atoms. The molecule has 0 saturated carbocycles. The average Bonchev–Trinajstić information content (AvgIpc) is 3.26. The molecule has 2 amide bonds. The highest BCUT2D eigenvalue weighted by Crippen LogP contribution is 2.35. The molecule has 1 aromatic rings. The van der Waals surface area contributed by atoms with Crippen LogP contribution in [0.4, 0.5) is 5.69 Å². The van der Waals surface area contributed by atoms with E-state index in [1.54, 1.807) is 12.1 Å². The molecule has 1 aromatic carbocycles. The zero-order valence-electron chi connectivity index (χ0n) is 17.9. The maximum absolute atomic E-state index is 12.6. The summed E-state index contributed by atoms with van der Waals surface area (Å²) in [5.41, 5.74) is 0.818. The average molecular weight is 431 g/mol. The fourth-order valence-electron chi connectivity index (χ4n) is 4.15. The number of ketones is 1. The zero-order chi connectivity index (χ0) is 21.8. The van der Waals surface area contributed by atoms with Crippen LogP contribution in [-0.4, -0.2) is 86.5 Å². The van der Waals surface area contributed by atoms with E-state index in [4.69, 9.17) is 14.2 Å². The molecular formula is C22H29N3O6. The third-order valence-corrected chi connectivity index (χ3v) is 5.92. The van der Waals surface area contributed by atoms with Gasteiger partial charge in [0.1, 0.15) is 13.2 Å². The van der Waals surface area contributed by atoms with Crippen molar-refractivity contribution >= 4 is 23.3 Å². The highest BCUT2D eigenvalue weighted by Gasteiger charge is 2.26. The molecule has 0 aromatic heterocycles. The second kappa shape index (κ2) is 9.65. The maximum atomic E-state index is 12.6. The summed E-state index contributed by atoms with van der Waals surface area (Å²) in [5.74, 6) is 1.17. The van der Waals surface area contributed by atoms with Gasteiger partial charge in [0, 0.05) is 57.4 Å². The topological polar surface area (TPSA) is 97.4 Å². The monoisotopic (exact) mass is 431 g/mol. The molecule has 4 rings (SSSR count). The molecule has 1 unspecified atom stereocenters. The van der Waals surface area contributed by atoms with Crippen molar-refractivity contribution in [3.63, 3.8) is 0 Å². The summed E-state index contributed by atoms with van der Waals surface area (Å²) in [6, 6.07) is 3.26. The van der Waals surface area contributed by atoms with E-state index in [0.29, 0.717) is 81.1 Å². The Hall–Kier alpha value is -2.65. The summed E-state index contributed by atoms with van der Waals surface area (Å²) in [6.07, 6.45) is 1.49. The minimum atomic E-state index is -0.206. The van der Waals surface area contributed by atoms with Crippen LogP contribution >= 0.6 is 0 Å². The van der Waals surface area contributed by atoms with Gasteiger partial charge in [0.15, 0.2) is 17.3 Å². The van der Waals surface area contributed by atoms with Gasteiger partial charge in [-0.2, -0.15) is 0 Å². The van der Waals surface area contributed by atoms with Crippen LogP contribution in [0.5, 0.6) is 11.5 Å². The fourth-order valence-corrected chi connectivity index (χ4v) is 4.15. The molecule has 3 aliphatic rings. The van der Waals surface area contributed by atoms with Crippen molar-refractivity contribution in [3.8, 4) is 11.5 Å². The van der Waals surface area contributed by atoms with Gasteiger partial charge < -0.3 is 24.4 Å². The molecule has 3 aliphatic heterocycles. The molecule has 0 spiro atoms. The van der Waals surface area contributed by atoms with Crippen LogP contribution in [0.3, 0.4) is 0 Å². The van der Waals surface area contributed by atoms with E-state index in [1.165, 1.54) is 6.92 Å². The molecule has 3 heterocycles. The second-order valence-electron chi connectivity index (χ2n) is 8.24. The van der Waals surface area contributed by atoms with Gasteiger partial charge in [-0.1, -0.05) is 0 Å². The lowest BCUT2D eigenvalue weighted by Gasteiger charge is -2.34. The lowest BCUT2D eigenvalue weighted by molar-refractivity contribution is -0.134. The molecule has 0 radical (unpaired) electrons. The van der Waals surface area contributed by atoms with Crippen LogP contribution in [0.25, 0.3) is 0 Å². The summed E-state index contributed by atoms with van der Waals surface area (Å²) in [4.78, 5) is 41.0. The Labute approximate surface area is 181 Å². The summed E-state index contributed by atoms with van der Waals surface area (Å²) in [5, 5.41) is 2.84. The number of nitrogens with zero attached hydrogens (tertiary/aromatic N) is 2. The van der Waals surface area contributed by atoms with Crippen LogP contribution in [0, 0.1) is 5.92 Å². The molecule has 9 heteroatoms. The predicted octanol–water partition coefficient (Wildman–Crippen LogP) is 1.17. The van der Waals surface area contributed by atoms with Gasteiger partial charge in [0.25, 0.3) is 0 Å². The lowest BCUT2D eigenvalue weighted by atomic mass is 10.0. The quantitative estimate of drug-likeness (QED) is 0.676. The smallest absolute Gasteiger partial charge is 0.238 e. The highest BCUT2D eigenvalue weighted by molar-refractivity contribution is 6.05. The lowest BCUT2D eigenvalue weighted by Crippen LogP contribution is -2.50. The Morgan fingerprint density at radius 3 is 2.39 bits per heavy atom. The van der Waals surface area contributed by atoms with E-state index in [9.17, 15) is 14.4 Å². The number of fused-ring (bicyclic) bond motifs is 1. The van der Waals surface area contributed by atoms with Crippen molar-refractivity contribution in [2.24, 2.45) is 5.92 Å². The van der Waals surface area contributed by atoms with Gasteiger partial charge in [0.05, 0.1) is 12.2 Å². The van der Waals surface area contributed by atoms with Crippen molar-refractivity contribution < 1.29 is 28.6 Å². The summed E-state index contributed by atoms with van der Waals surface area (Å²) in [7, 11) is 0. The van der Waals surface area contributed by atoms with Crippen LogP contribution < -0.4 is 14.8 Å². The maximum Gasteiger partial charge on any atom is 0.238 e. The van der Waals surface area contributed by atoms with Gasteiger partial charge in [-0.15, -0.1) is 0 Å². The Kier molecular flexibility index (Phi) is 6.72. The number of rotatable bonds is 6. The minimum absolute atomic E-state index is 0.160. The van der Waals surface area contributed by atoms with Crippen molar-refractivity contribution in [3.05, 3.63) is 17.7 Å². The first-order chi connectivity index (χ1) is 15.0. The molecule has 31 heavy (non-hydrogen) atoms. The number of carbonyl (C=O) groups is 3. The van der Waals surface area contributed by atoms with Crippen molar-refractivity contribution in [1.82, 2.24) is 9.80 Å². The molecule has 2 fully saturated rings. The normalized spacial score (nSPS) is 21.1. The van der Waals surface area contributed by atoms with Crippen molar-refractivity contribution in [1.29, 1.82) is 0 Å². The number of piperazine rings is 1.